The molecule has 5 heteroatoms. The first-order valence-electron chi connectivity index (χ1n) is 6.42. The second-order valence-electron chi connectivity index (χ2n) is 4.37. The Morgan fingerprint density at radius 1 is 1.25 bits per heavy atom. The molecule has 1 N–H and O–H groups in total. The highest BCUT2D eigenvalue weighted by molar-refractivity contribution is 5.91. The normalized spacial score (nSPS) is 20.1. The SMILES string of the molecule is CCOC(=O)CC(=O)OC1C=Cc2ccccc2C1O. The summed E-state index contributed by atoms with van der Waals surface area (Å²) >= 11 is 0. The predicted octanol–water partition coefficient (Wildman–Crippen LogP) is 1.61. The largest absolute Gasteiger partial charge is 0.466 e. The van der Waals surface area contributed by atoms with Crippen LogP contribution in [-0.4, -0.2) is 29.8 Å². The lowest BCUT2D eigenvalue weighted by molar-refractivity contribution is -0.159. The number of hydrogen-bond donors (Lipinski definition) is 1. The summed E-state index contributed by atoms with van der Waals surface area (Å²) in [5, 5.41) is 10.2. The number of rotatable bonds is 4. The maximum atomic E-state index is 11.6. The third kappa shape index (κ3) is 3.24. The van der Waals surface area contributed by atoms with Gasteiger partial charge in [-0.2, -0.15) is 0 Å². The van der Waals surface area contributed by atoms with Crippen LogP contribution >= 0.6 is 0 Å². The van der Waals surface area contributed by atoms with E-state index in [1.54, 1.807) is 31.2 Å². The average Bonchev–Trinajstić information content (AvgIpc) is 2.42. The maximum Gasteiger partial charge on any atom is 0.317 e. The molecule has 0 saturated carbocycles. The van der Waals surface area contributed by atoms with E-state index in [9.17, 15) is 14.7 Å². The first kappa shape index (κ1) is 14.3. The minimum absolute atomic E-state index is 0.214. The van der Waals surface area contributed by atoms with E-state index in [2.05, 4.69) is 4.74 Å². The Morgan fingerprint density at radius 3 is 2.75 bits per heavy atom. The Hall–Kier alpha value is -2.14. The molecule has 0 radical (unpaired) electrons. The van der Waals surface area contributed by atoms with E-state index in [-0.39, 0.29) is 6.61 Å². The molecule has 1 aliphatic rings. The highest BCUT2D eigenvalue weighted by Gasteiger charge is 2.27. The highest BCUT2D eigenvalue weighted by Crippen LogP contribution is 2.29. The molecule has 0 amide bonds. The number of benzene rings is 1. The van der Waals surface area contributed by atoms with Crippen LogP contribution in [0.1, 0.15) is 30.6 Å². The van der Waals surface area contributed by atoms with E-state index in [4.69, 9.17) is 4.74 Å². The monoisotopic (exact) mass is 276 g/mol. The summed E-state index contributed by atoms with van der Waals surface area (Å²) in [6.45, 7) is 1.87. The summed E-state index contributed by atoms with van der Waals surface area (Å²) in [7, 11) is 0. The molecule has 0 heterocycles. The third-order valence-electron chi connectivity index (χ3n) is 2.95. The van der Waals surface area contributed by atoms with Gasteiger partial charge in [0.15, 0.2) is 6.10 Å². The van der Waals surface area contributed by atoms with Gasteiger partial charge in [0.2, 0.25) is 0 Å². The summed E-state index contributed by atoms with van der Waals surface area (Å²) in [5.41, 5.74) is 1.58. The summed E-state index contributed by atoms with van der Waals surface area (Å²) < 4.78 is 9.77. The van der Waals surface area contributed by atoms with Gasteiger partial charge < -0.3 is 14.6 Å². The van der Waals surface area contributed by atoms with Crippen molar-refractivity contribution in [1.29, 1.82) is 0 Å². The van der Waals surface area contributed by atoms with Gasteiger partial charge in [0.05, 0.1) is 6.61 Å². The van der Waals surface area contributed by atoms with Gasteiger partial charge in [-0.05, 0) is 24.1 Å². The van der Waals surface area contributed by atoms with Crippen molar-refractivity contribution >= 4 is 18.0 Å². The molecule has 0 spiro atoms. The minimum Gasteiger partial charge on any atom is -0.466 e. The lowest BCUT2D eigenvalue weighted by atomic mass is 9.93. The molecule has 106 valence electrons. The zero-order chi connectivity index (χ0) is 14.5. The predicted molar refractivity (Wildman–Crippen MR) is 71.6 cm³/mol. The zero-order valence-corrected chi connectivity index (χ0v) is 11.1. The molecule has 0 aromatic heterocycles. The van der Waals surface area contributed by atoms with Crippen LogP contribution in [0, 0.1) is 0 Å². The number of esters is 2. The van der Waals surface area contributed by atoms with Gasteiger partial charge in [-0.25, -0.2) is 0 Å². The van der Waals surface area contributed by atoms with Gasteiger partial charge >= 0.3 is 11.9 Å². The molecule has 2 unspecified atom stereocenters. The van der Waals surface area contributed by atoms with Gasteiger partial charge in [0.1, 0.15) is 12.5 Å². The number of aliphatic hydroxyl groups is 1. The summed E-state index contributed by atoms with van der Waals surface area (Å²) in [6, 6.07) is 7.31. The Bertz CT molecular complexity index is 535. The van der Waals surface area contributed by atoms with Crippen LogP contribution < -0.4 is 0 Å². The first-order chi connectivity index (χ1) is 9.61. The van der Waals surface area contributed by atoms with E-state index in [1.165, 1.54) is 0 Å². The van der Waals surface area contributed by atoms with Crippen LogP contribution in [0.15, 0.2) is 30.3 Å². The Morgan fingerprint density at radius 2 is 2.00 bits per heavy atom. The fourth-order valence-corrected chi connectivity index (χ4v) is 2.04. The quantitative estimate of drug-likeness (QED) is 0.668. The number of carbonyl (C=O) groups is 2. The third-order valence-corrected chi connectivity index (χ3v) is 2.95. The van der Waals surface area contributed by atoms with Crippen LogP contribution in [0.5, 0.6) is 0 Å². The van der Waals surface area contributed by atoms with E-state index in [1.807, 2.05) is 12.1 Å². The molecular formula is C15H16O5. The number of aliphatic hydroxyl groups excluding tert-OH is 1. The van der Waals surface area contributed by atoms with Gasteiger partial charge in [0, 0.05) is 0 Å². The van der Waals surface area contributed by atoms with Crippen LogP contribution in [-0.2, 0) is 19.1 Å². The maximum absolute atomic E-state index is 11.6. The van der Waals surface area contributed by atoms with Crippen molar-refractivity contribution in [1.82, 2.24) is 0 Å². The molecule has 0 fully saturated rings. The van der Waals surface area contributed by atoms with Crippen molar-refractivity contribution in [2.24, 2.45) is 0 Å². The number of carbonyl (C=O) groups excluding carboxylic acids is 2. The Balaban J connectivity index is 1.99. The van der Waals surface area contributed by atoms with E-state index in [0.29, 0.717) is 5.56 Å². The molecular weight excluding hydrogens is 260 g/mol. The fraction of sp³-hybridized carbons (Fsp3) is 0.333. The van der Waals surface area contributed by atoms with Crippen molar-refractivity contribution in [3.63, 3.8) is 0 Å². The van der Waals surface area contributed by atoms with Gasteiger partial charge in [-0.15, -0.1) is 0 Å². The van der Waals surface area contributed by atoms with Crippen molar-refractivity contribution in [3.05, 3.63) is 41.5 Å². The molecule has 1 aromatic rings. The number of fused-ring (bicyclic) bond motifs is 1. The number of hydrogen-bond acceptors (Lipinski definition) is 5. The van der Waals surface area contributed by atoms with E-state index < -0.39 is 30.6 Å². The van der Waals surface area contributed by atoms with E-state index in [0.717, 1.165) is 5.56 Å². The second-order valence-corrected chi connectivity index (χ2v) is 4.37. The smallest absolute Gasteiger partial charge is 0.317 e. The highest BCUT2D eigenvalue weighted by atomic mass is 16.6. The summed E-state index contributed by atoms with van der Waals surface area (Å²) in [4.78, 5) is 22.8. The van der Waals surface area contributed by atoms with Crippen LogP contribution in [0.2, 0.25) is 0 Å². The standard InChI is InChI=1S/C15H16O5/c1-2-19-13(16)9-14(17)20-12-8-7-10-5-3-4-6-11(10)15(12)18/h3-8,12,15,18H,2,9H2,1H3. The molecule has 2 atom stereocenters. The average molecular weight is 276 g/mol. The van der Waals surface area contributed by atoms with Gasteiger partial charge in [-0.3, -0.25) is 9.59 Å². The molecule has 0 bridgehead atoms. The lowest BCUT2D eigenvalue weighted by Gasteiger charge is -2.25. The molecule has 0 saturated heterocycles. The van der Waals surface area contributed by atoms with Gasteiger partial charge in [-0.1, -0.05) is 30.3 Å². The molecule has 0 aliphatic heterocycles. The molecule has 5 nitrogen and oxygen atoms in total. The van der Waals surface area contributed by atoms with Crippen LogP contribution in [0.4, 0.5) is 0 Å². The van der Waals surface area contributed by atoms with Crippen molar-refractivity contribution in [2.75, 3.05) is 6.61 Å². The topological polar surface area (TPSA) is 72.8 Å². The Labute approximate surface area is 116 Å². The first-order valence-corrected chi connectivity index (χ1v) is 6.42. The van der Waals surface area contributed by atoms with Crippen molar-refractivity contribution < 1.29 is 24.2 Å². The fourth-order valence-electron chi connectivity index (χ4n) is 2.04. The van der Waals surface area contributed by atoms with Crippen molar-refractivity contribution in [3.8, 4) is 0 Å². The van der Waals surface area contributed by atoms with Crippen molar-refractivity contribution in [2.45, 2.75) is 25.6 Å². The van der Waals surface area contributed by atoms with Crippen LogP contribution in [0.3, 0.4) is 0 Å². The number of ether oxygens (including phenoxy) is 2. The van der Waals surface area contributed by atoms with Gasteiger partial charge in [0.25, 0.3) is 0 Å². The summed E-state index contributed by atoms with van der Waals surface area (Å²) in [6.07, 6.45) is 1.22. The second kappa shape index (κ2) is 6.34. The summed E-state index contributed by atoms with van der Waals surface area (Å²) in [5.74, 6) is -1.34. The Kier molecular flexibility index (Phi) is 4.53. The lowest BCUT2D eigenvalue weighted by Crippen LogP contribution is -2.27. The molecule has 20 heavy (non-hydrogen) atoms. The minimum atomic E-state index is -0.928. The van der Waals surface area contributed by atoms with Crippen LogP contribution in [0.25, 0.3) is 6.08 Å². The molecule has 1 aromatic carbocycles. The zero-order valence-electron chi connectivity index (χ0n) is 11.1. The molecule has 1 aliphatic carbocycles. The van der Waals surface area contributed by atoms with E-state index >= 15 is 0 Å². The molecule has 2 rings (SSSR count).